The van der Waals surface area contributed by atoms with Crippen molar-refractivity contribution in [1.82, 2.24) is 0 Å². The van der Waals surface area contributed by atoms with Crippen LogP contribution in [0.25, 0.3) is 0 Å². The van der Waals surface area contributed by atoms with E-state index in [9.17, 15) is 4.79 Å². The van der Waals surface area contributed by atoms with Crippen LogP contribution in [-0.4, -0.2) is 17.5 Å². The molecular formula is C13H22O2. The average Bonchev–Trinajstić information content (AvgIpc) is 2.63. The van der Waals surface area contributed by atoms with E-state index in [-0.39, 0.29) is 5.78 Å². The van der Waals surface area contributed by atoms with Gasteiger partial charge in [-0.1, -0.05) is 19.9 Å². The first-order valence-corrected chi connectivity index (χ1v) is 5.78. The van der Waals surface area contributed by atoms with E-state index in [1.165, 1.54) is 0 Å². The number of aliphatic hydroxyl groups excluding tert-OH is 1. The highest BCUT2D eigenvalue weighted by Gasteiger charge is 2.55. The predicted octanol–water partition coefficient (Wildman–Crippen LogP) is 2.57. The molecule has 0 radical (unpaired) electrons. The Hall–Kier alpha value is -0.630. The fraction of sp³-hybridized carbons (Fsp3) is 0.769. The second-order valence-corrected chi connectivity index (χ2v) is 5.14. The highest BCUT2D eigenvalue weighted by Crippen LogP contribution is 2.61. The normalized spacial score (nSPS) is 28.3. The van der Waals surface area contributed by atoms with Gasteiger partial charge in [0, 0.05) is 6.61 Å². The maximum atomic E-state index is 10.7. The number of rotatable bonds is 6. The fourth-order valence-electron chi connectivity index (χ4n) is 2.67. The summed E-state index contributed by atoms with van der Waals surface area (Å²) >= 11 is 0. The van der Waals surface area contributed by atoms with Crippen molar-refractivity contribution in [3.05, 3.63) is 12.2 Å². The molecule has 0 heterocycles. The Morgan fingerprint density at radius 2 is 1.93 bits per heavy atom. The molecule has 0 aliphatic heterocycles. The van der Waals surface area contributed by atoms with E-state index in [1.54, 1.807) is 13.0 Å². The Bertz CT molecular complexity index is 253. The van der Waals surface area contributed by atoms with Gasteiger partial charge < -0.3 is 5.11 Å². The van der Waals surface area contributed by atoms with Gasteiger partial charge in [0.2, 0.25) is 0 Å². The lowest BCUT2D eigenvalue weighted by Gasteiger charge is -2.00. The molecule has 1 N–H and O–H groups in total. The van der Waals surface area contributed by atoms with Crippen LogP contribution in [-0.2, 0) is 4.79 Å². The lowest BCUT2D eigenvalue weighted by atomic mass is 10.1. The number of ketones is 1. The molecule has 0 aromatic carbocycles. The number of hydrogen-bond donors (Lipinski definition) is 1. The average molecular weight is 210 g/mol. The van der Waals surface area contributed by atoms with E-state index >= 15 is 0 Å². The molecule has 2 unspecified atom stereocenters. The molecule has 0 aromatic rings. The van der Waals surface area contributed by atoms with E-state index in [0.29, 0.717) is 17.9 Å². The number of allylic oxidation sites excluding steroid dienone is 2. The van der Waals surface area contributed by atoms with Crippen LogP contribution in [0.2, 0.25) is 0 Å². The summed E-state index contributed by atoms with van der Waals surface area (Å²) in [6.45, 7) is 6.42. The van der Waals surface area contributed by atoms with Crippen LogP contribution >= 0.6 is 0 Å². The van der Waals surface area contributed by atoms with Gasteiger partial charge in [0.25, 0.3) is 0 Å². The summed E-state index contributed by atoms with van der Waals surface area (Å²) in [6, 6.07) is 0. The molecule has 1 rings (SSSR count). The molecule has 1 aliphatic rings. The van der Waals surface area contributed by atoms with Gasteiger partial charge >= 0.3 is 0 Å². The zero-order valence-electron chi connectivity index (χ0n) is 9.99. The zero-order chi connectivity index (χ0) is 11.5. The molecule has 2 atom stereocenters. The van der Waals surface area contributed by atoms with Crippen molar-refractivity contribution >= 4 is 5.78 Å². The van der Waals surface area contributed by atoms with Crippen LogP contribution in [0.1, 0.15) is 40.0 Å². The third-order valence-corrected chi connectivity index (χ3v) is 3.72. The molecule has 0 spiro atoms. The number of hydrogen-bond acceptors (Lipinski definition) is 2. The van der Waals surface area contributed by atoms with Crippen LogP contribution < -0.4 is 0 Å². The first-order chi connectivity index (χ1) is 7.00. The SMILES string of the molecule is CC(=O)/C=C/CCC1C(CCO)C1(C)C. The smallest absolute Gasteiger partial charge is 0.152 e. The summed E-state index contributed by atoms with van der Waals surface area (Å²) in [5, 5.41) is 8.91. The monoisotopic (exact) mass is 210 g/mol. The first-order valence-electron chi connectivity index (χ1n) is 5.78. The second-order valence-electron chi connectivity index (χ2n) is 5.14. The van der Waals surface area contributed by atoms with Crippen LogP contribution in [0.4, 0.5) is 0 Å². The van der Waals surface area contributed by atoms with Gasteiger partial charge in [-0.15, -0.1) is 0 Å². The lowest BCUT2D eigenvalue weighted by molar-refractivity contribution is -0.112. The summed E-state index contributed by atoms with van der Waals surface area (Å²) in [5.74, 6) is 1.52. The third-order valence-electron chi connectivity index (χ3n) is 3.72. The molecule has 1 saturated carbocycles. The molecule has 0 amide bonds. The van der Waals surface area contributed by atoms with E-state index < -0.39 is 0 Å². The fourth-order valence-corrected chi connectivity index (χ4v) is 2.67. The molecule has 0 bridgehead atoms. The molecule has 86 valence electrons. The Morgan fingerprint density at radius 1 is 1.33 bits per heavy atom. The molecule has 15 heavy (non-hydrogen) atoms. The van der Waals surface area contributed by atoms with Crippen LogP contribution in [0, 0.1) is 17.3 Å². The van der Waals surface area contributed by atoms with Gasteiger partial charge in [0.1, 0.15) is 0 Å². The summed E-state index contributed by atoms with van der Waals surface area (Å²) < 4.78 is 0. The molecule has 1 aliphatic carbocycles. The molecule has 0 aromatic heterocycles. The second kappa shape index (κ2) is 4.93. The minimum atomic E-state index is 0.122. The molecule has 2 heteroatoms. The van der Waals surface area contributed by atoms with Crippen molar-refractivity contribution in [3.63, 3.8) is 0 Å². The topological polar surface area (TPSA) is 37.3 Å². The zero-order valence-corrected chi connectivity index (χ0v) is 9.99. The predicted molar refractivity (Wildman–Crippen MR) is 61.5 cm³/mol. The molecule has 1 fully saturated rings. The Labute approximate surface area is 92.4 Å². The van der Waals surface area contributed by atoms with Crippen LogP contribution in [0.3, 0.4) is 0 Å². The van der Waals surface area contributed by atoms with E-state index in [0.717, 1.165) is 25.2 Å². The Balaban J connectivity index is 2.26. The van der Waals surface area contributed by atoms with E-state index in [1.807, 2.05) is 6.08 Å². The lowest BCUT2D eigenvalue weighted by Crippen LogP contribution is -1.92. The molecule has 0 saturated heterocycles. The Morgan fingerprint density at radius 3 is 2.47 bits per heavy atom. The maximum Gasteiger partial charge on any atom is 0.152 e. The Kier molecular flexibility index (Phi) is 4.09. The third kappa shape index (κ3) is 3.16. The minimum Gasteiger partial charge on any atom is -0.396 e. The summed E-state index contributed by atoms with van der Waals surface area (Å²) in [4.78, 5) is 10.7. The first kappa shape index (κ1) is 12.4. The van der Waals surface area contributed by atoms with Crippen molar-refractivity contribution in [2.75, 3.05) is 6.61 Å². The van der Waals surface area contributed by atoms with Gasteiger partial charge in [-0.25, -0.2) is 0 Å². The van der Waals surface area contributed by atoms with Crippen LogP contribution in [0.15, 0.2) is 12.2 Å². The minimum absolute atomic E-state index is 0.122. The van der Waals surface area contributed by atoms with Gasteiger partial charge in [-0.3, -0.25) is 4.79 Å². The summed E-state index contributed by atoms with van der Waals surface area (Å²) in [7, 11) is 0. The number of carbonyl (C=O) groups excluding carboxylic acids is 1. The van der Waals surface area contributed by atoms with Gasteiger partial charge in [0.05, 0.1) is 0 Å². The van der Waals surface area contributed by atoms with Crippen molar-refractivity contribution in [2.45, 2.75) is 40.0 Å². The van der Waals surface area contributed by atoms with E-state index in [4.69, 9.17) is 5.11 Å². The maximum absolute atomic E-state index is 10.7. The highest BCUT2D eigenvalue weighted by molar-refractivity contribution is 5.87. The van der Waals surface area contributed by atoms with Crippen molar-refractivity contribution < 1.29 is 9.90 Å². The van der Waals surface area contributed by atoms with Crippen molar-refractivity contribution in [2.24, 2.45) is 17.3 Å². The van der Waals surface area contributed by atoms with Gasteiger partial charge in [0.15, 0.2) is 5.78 Å². The number of carbonyl (C=O) groups is 1. The van der Waals surface area contributed by atoms with Gasteiger partial charge in [-0.2, -0.15) is 0 Å². The largest absolute Gasteiger partial charge is 0.396 e. The summed E-state index contributed by atoms with van der Waals surface area (Å²) in [6.07, 6.45) is 6.66. The molecular weight excluding hydrogens is 188 g/mol. The van der Waals surface area contributed by atoms with Gasteiger partial charge in [-0.05, 0) is 49.5 Å². The molecule has 2 nitrogen and oxygen atoms in total. The van der Waals surface area contributed by atoms with Crippen LogP contribution in [0.5, 0.6) is 0 Å². The van der Waals surface area contributed by atoms with Crippen molar-refractivity contribution in [1.29, 1.82) is 0 Å². The van der Waals surface area contributed by atoms with E-state index in [2.05, 4.69) is 13.8 Å². The highest BCUT2D eigenvalue weighted by atomic mass is 16.3. The summed E-state index contributed by atoms with van der Waals surface area (Å²) in [5.41, 5.74) is 0.396. The quantitative estimate of drug-likeness (QED) is 0.684. The standard InChI is InChI=1S/C13H22O2/c1-10(15)6-4-5-7-11-12(8-9-14)13(11,2)3/h4,6,11-12,14H,5,7-9H2,1-3H3/b6-4+. The van der Waals surface area contributed by atoms with Crippen molar-refractivity contribution in [3.8, 4) is 0 Å². The number of aliphatic hydroxyl groups is 1.